The average molecular weight is 376 g/mol. The van der Waals surface area contributed by atoms with Gasteiger partial charge < -0.3 is 0 Å². The first kappa shape index (κ1) is 17.1. The van der Waals surface area contributed by atoms with Gasteiger partial charge in [-0.1, -0.05) is 23.9 Å². The number of alkyl halides is 3. The molecule has 4 rings (SSSR count). The standard InChI is InChI=1S/C18H15F3N4S/c19-18(20,21)14-5-3-12(4-6-14)11-26-17-24-23-16(25(17)15-7-8-15)13-2-1-9-22-10-13/h1-6,9-10,15H,7-8,11H2. The predicted molar refractivity (Wildman–Crippen MR) is 92.5 cm³/mol. The zero-order valence-corrected chi connectivity index (χ0v) is 14.5. The number of rotatable bonds is 5. The van der Waals surface area contributed by atoms with Crippen molar-refractivity contribution in [1.82, 2.24) is 19.7 Å². The highest BCUT2D eigenvalue weighted by Crippen LogP contribution is 2.41. The molecule has 2 heterocycles. The van der Waals surface area contributed by atoms with E-state index < -0.39 is 11.7 Å². The molecule has 134 valence electrons. The maximum atomic E-state index is 12.7. The fourth-order valence-corrected chi connectivity index (χ4v) is 3.63. The van der Waals surface area contributed by atoms with Crippen molar-refractivity contribution >= 4 is 11.8 Å². The molecule has 0 saturated heterocycles. The highest BCUT2D eigenvalue weighted by molar-refractivity contribution is 7.98. The molecule has 1 aliphatic carbocycles. The molecular formula is C18H15F3N4S. The summed E-state index contributed by atoms with van der Waals surface area (Å²) in [5, 5.41) is 9.39. The number of thioether (sulfide) groups is 1. The van der Waals surface area contributed by atoms with Gasteiger partial charge in [0.1, 0.15) is 0 Å². The molecule has 0 aliphatic heterocycles. The molecule has 0 radical (unpaired) electrons. The zero-order chi connectivity index (χ0) is 18.1. The Labute approximate surface area is 152 Å². The minimum absolute atomic E-state index is 0.385. The smallest absolute Gasteiger partial charge is 0.299 e. The normalized spacial score (nSPS) is 14.6. The number of pyridine rings is 1. The summed E-state index contributed by atoms with van der Waals surface area (Å²) in [6.07, 6.45) is 1.32. The Bertz CT molecular complexity index is 887. The topological polar surface area (TPSA) is 43.6 Å². The largest absolute Gasteiger partial charge is 0.416 e. The number of hydrogen-bond donors (Lipinski definition) is 0. The summed E-state index contributed by atoms with van der Waals surface area (Å²) in [6.45, 7) is 0. The highest BCUT2D eigenvalue weighted by Gasteiger charge is 2.31. The lowest BCUT2D eigenvalue weighted by Crippen LogP contribution is -2.04. The molecule has 2 aromatic heterocycles. The zero-order valence-electron chi connectivity index (χ0n) is 13.6. The lowest BCUT2D eigenvalue weighted by atomic mass is 10.1. The summed E-state index contributed by atoms with van der Waals surface area (Å²) < 4.78 is 40.1. The summed E-state index contributed by atoms with van der Waals surface area (Å²) in [4.78, 5) is 4.13. The Morgan fingerprint density at radius 1 is 1.08 bits per heavy atom. The minimum atomic E-state index is -4.31. The van der Waals surface area contributed by atoms with Gasteiger partial charge >= 0.3 is 6.18 Å². The van der Waals surface area contributed by atoms with Crippen molar-refractivity contribution in [2.45, 2.75) is 36.0 Å². The van der Waals surface area contributed by atoms with E-state index in [2.05, 4.69) is 19.7 Å². The van der Waals surface area contributed by atoms with Gasteiger partial charge in [0.25, 0.3) is 0 Å². The molecule has 3 aromatic rings. The van der Waals surface area contributed by atoms with Gasteiger partial charge in [-0.3, -0.25) is 9.55 Å². The van der Waals surface area contributed by atoms with E-state index >= 15 is 0 Å². The highest BCUT2D eigenvalue weighted by atomic mass is 32.2. The van der Waals surface area contributed by atoms with Crippen molar-refractivity contribution in [1.29, 1.82) is 0 Å². The van der Waals surface area contributed by atoms with Gasteiger partial charge in [-0.25, -0.2) is 0 Å². The summed E-state index contributed by atoms with van der Waals surface area (Å²) in [5.41, 5.74) is 1.09. The third-order valence-corrected chi connectivity index (χ3v) is 5.16. The monoisotopic (exact) mass is 376 g/mol. The Morgan fingerprint density at radius 2 is 1.85 bits per heavy atom. The van der Waals surface area contributed by atoms with E-state index in [1.54, 1.807) is 12.4 Å². The van der Waals surface area contributed by atoms with E-state index in [0.717, 1.165) is 47.1 Å². The van der Waals surface area contributed by atoms with Crippen molar-refractivity contribution in [2.24, 2.45) is 0 Å². The van der Waals surface area contributed by atoms with E-state index in [1.807, 2.05) is 12.1 Å². The van der Waals surface area contributed by atoms with Crippen LogP contribution in [0, 0.1) is 0 Å². The molecule has 0 amide bonds. The molecular weight excluding hydrogens is 361 g/mol. The van der Waals surface area contributed by atoms with Crippen molar-refractivity contribution in [2.75, 3.05) is 0 Å². The van der Waals surface area contributed by atoms with Crippen molar-refractivity contribution in [3.8, 4) is 11.4 Å². The molecule has 26 heavy (non-hydrogen) atoms. The molecule has 0 N–H and O–H groups in total. The van der Waals surface area contributed by atoms with Gasteiger partial charge in [0.05, 0.1) is 5.56 Å². The molecule has 1 saturated carbocycles. The predicted octanol–water partition coefficient (Wildman–Crippen LogP) is 4.99. The summed E-state index contributed by atoms with van der Waals surface area (Å²) in [6, 6.07) is 9.43. The quantitative estimate of drug-likeness (QED) is 0.589. The van der Waals surface area contributed by atoms with E-state index in [-0.39, 0.29) is 0 Å². The number of benzene rings is 1. The molecule has 4 nitrogen and oxygen atoms in total. The van der Waals surface area contributed by atoms with Gasteiger partial charge in [-0.05, 0) is 42.7 Å². The fourth-order valence-electron chi connectivity index (χ4n) is 2.67. The summed E-state index contributed by atoms with van der Waals surface area (Å²) in [5.74, 6) is 1.33. The second-order valence-electron chi connectivity index (χ2n) is 6.13. The molecule has 0 atom stereocenters. The lowest BCUT2D eigenvalue weighted by molar-refractivity contribution is -0.137. The fraction of sp³-hybridized carbons (Fsp3) is 0.278. The second-order valence-corrected chi connectivity index (χ2v) is 7.07. The van der Waals surface area contributed by atoms with Crippen LogP contribution in [0.1, 0.15) is 30.0 Å². The summed E-state index contributed by atoms with van der Waals surface area (Å²) in [7, 11) is 0. The first-order valence-corrected chi connectivity index (χ1v) is 9.15. The van der Waals surface area contributed by atoms with Crippen molar-refractivity contribution in [3.63, 3.8) is 0 Å². The molecule has 1 fully saturated rings. The van der Waals surface area contributed by atoms with Crippen LogP contribution in [0.2, 0.25) is 0 Å². The molecule has 0 spiro atoms. The lowest BCUT2D eigenvalue weighted by Gasteiger charge is -2.09. The average Bonchev–Trinajstić information content (AvgIpc) is 3.39. The van der Waals surface area contributed by atoms with Gasteiger partial charge in [0.15, 0.2) is 11.0 Å². The molecule has 1 aromatic carbocycles. The Kier molecular flexibility index (Phi) is 4.44. The molecule has 0 bridgehead atoms. The molecule has 1 aliphatic rings. The Morgan fingerprint density at radius 3 is 2.46 bits per heavy atom. The van der Waals surface area contributed by atoms with Crippen LogP contribution in [0.25, 0.3) is 11.4 Å². The van der Waals surface area contributed by atoms with Gasteiger partial charge in [0, 0.05) is 29.8 Å². The van der Waals surface area contributed by atoms with Crippen LogP contribution >= 0.6 is 11.8 Å². The second kappa shape index (κ2) is 6.75. The summed E-state index contributed by atoms with van der Waals surface area (Å²) >= 11 is 1.49. The van der Waals surface area contributed by atoms with Crippen LogP contribution in [-0.4, -0.2) is 19.7 Å². The van der Waals surface area contributed by atoms with Gasteiger partial charge in [0.2, 0.25) is 0 Å². The van der Waals surface area contributed by atoms with Crippen LogP contribution in [0.3, 0.4) is 0 Å². The van der Waals surface area contributed by atoms with Crippen LogP contribution in [0.4, 0.5) is 13.2 Å². The van der Waals surface area contributed by atoms with Crippen molar-refractivity contribution in [3.05, 3.63) is 59.9 Å². The molecule has 0 unspecified atom stereocenters. The van der Waals surface area contributed by atoms with Crippen LogP contribution in [0.5, 0.6) is 0 Å². The van der Waals surface area contributed by atoms with Crippen LogP contribution in [0.15, 0.2) is 53.9 Å². The first-order valence-electron chi connectivity index (χ1n) is 8.16. The van der Waals surface area contributed by atoms with E-state index in [4.69, 9.17) is 0 Å². The third kappa shape index (κ3) is 3.60. The third-order valence-electron chi connectivity index (χ3n) is 4.15. The van der Waals surface area contributed by atoms with Crippen LogP contribution in [-0.2, 0) is 11.9 Å². The van der Waals surface area contributed by atoms with E-state index in [9.17, 15) is 13.2 Å². The first-order chi connectivity index (χ1) is 12.5. The van der Waals surface area contributed by atoms with Gasteiger partial charge in [-0.15, -0.1) is 10.2 Å². The SMILES string of the molecule is FC(F)(F)c1ccc(CSc2nnc(-c3cccnc3)n2C2CC2)cc1. The maximum Gasteiger partial charge on any atom is 0.416 e. The van der Waals surface area contributed by atoms with Gasteiger partial charge in [-0.2, -0.15) is 13.2 Å². The maximum absolute atomic E-state index is 12.7. The Balaban J connectivity index is 1.53. The number of nitrogens with zero attached hydrogens (tertiary/aromatic N) is 4. The number of aromatic nitrogens is 4. The minimum Gasteiger partial charge on any atom is -0.299 e. The number of halogens is 3. The van der Waals surface area contributed by atoms with Crippen molar-refractivity contribution < 1.29 is 13.2 Å². The van der Waals surface area contributed by atoms with E-state index in [1.165, 1.54) is 23.9 Å². The van der Waals surface area contributed by atoms with Crippen LogP contribution < -0.4 is 0 Å². The van der Waals surface area contributed by atoms with E-state index in [0.29, 0.717) is 11.8 Å². The number of hydrogen-bond acceptors (Lipinski definition) is 4. The molecule has 8 heteroatoms. The Hall–Kier alpha value is -2.35.